The van der Waals surface area contributed by atoms with Gasteiger partial charge in [-0.3, -0.25) is 4.79 Å². The minimum absolute atomic E-state index is 0.0348. The lowest BCUT2D eigenvalue weighted by molar-refractivity contribution is -0.119. The van der Waals surface area contributed by atoms with Crippen molar-refractivity contribution in [1.29, 1.82) is 0 Å². The number of aliphatic hydroxyl groups excluding tert-OH is 1. The van der Waals surface area contributed by atoms with Crippen LogP contribution in [0.3, 0.4) is 0 Å². The number of aliphatic hydroxyl groups is 1. The van der Waals surface area contributed by atoms with Crippen molar-refractivity contribution in [2.75, 3.05) is 31.7 Å². The SMILES string of the molecule is COc1ccc(CN2C(=O)CCc3c(OCC4CCNCC4O)ccc(F)c32)cc1. The van der Waals surface area contributed by atoms with Gasteiger partial charge in [0, 0.05) is 24.4 Å². The first-order chi connectivity index (χ1) is 14.6. The van der Waals surface area contributed by atoms with E-state index >= 15 is 0 Å². The zero-order chi connectivity index (χ0) is 21.1. The molecule has 0 aromatic heterocycles. The molecule has 6 nitrogen and oxygen atoms in total. The molecule has 0 bridgehead atoms. The average Bonchev–Trinajstić information content (AvgIpc) is 2.76. The number of β-amino-alcohol motifs (C(OH)–C–C–N with tert-alkyl or cyclic N) is 1. The maximum Gasteiger partial charge on any atom is 0.227 e. The van der Waals surface area contributed by atoms with Gasteiger partial charge < -0.3 is 24.8 Å². The second kappa shape index (κ2) is 9.02. The van der Waals surface area contributed by atoms with E-state index in [1.165, 1.54) is 11.0 Å². The summed E-state index contributed by atoms with van der Waals surface area (Å²) in [6.07, 6.45) is 1.11. The number of amides is 1. The second-order valence-corrected chi connectivity index (χ2v) is 7.83. The zero-order valence-electron chi connectivity index (χ0n) is 17.1. The first-order valence-corrected chi connectivity index (χ1v) is 10.3. The molecule has 1 saturated heterocycles. The fourth-order valence-corrected chi connectivity index (χ4v) is 4.12. The van der Waals surface area contributed by atoms with Gasteiger partial charge in [0.15, 0.2) is 0 Å². The minimum Gasteiger partial charge on any atom is -0.497 e. The molecule has 1 fully saturated rings. The van der Waals surface area contributed by atoms with Crippen LogP contribution in [-0.4, -0.2) is 43.9 Å². The van der Waals surface area contributed by atoms with Gasteiger partial charge in [-0.1, -0.05) is 12.1 Å². The maximum absolute atomic E-state index is 14.8. The Hall–Kier alpha value is -2.64. The molecule has 0 saturated carbocycles. The Morgan fingerprint density at radius 2 is 2.00 bits per heavy atom. The monoisotopic (exact) mass is 414 g/mol. The van der Waals surface area contributed by atoms with Crippen LogP contribution in [0.2, 0.25) is 0 Å². The van der Waals surface area contributed by atoms with Crippen LogP contribution in [0.25, 0.3) is 0 Å². The number of ether oxygens (including phenoxy) is 2. The number of fused-ring (bicyclic) bond motifs is 1. The van der Waals surface area contributed by atoms with E-state index in [0.29, 0.717) is 43.0 Å². The van der Waals surface area contributed by atoms with Gasteiger partial charge in [0.05, 0.1) is 32.1 Å². The van der Waals surface area contributed by atoms with Crippen molar-refractivity contribution >= 4 is 11.6 Å². The Morgan fingerprint density at radius 1 is 1.20 bits per heavy atom. The number of nitrogens with zero attached hydrogens (tertiary/aromatic N) is 1. The van der Waals surface area contributed by atoms with Crippen LogP contribution in [0.15, 0.2) is 36.4 Å². The quantitative estimate of drug-likeness (QED) is 0.761. The van der Waals surface area contributed by atoms with Gasteiger partial charge in [0.2, 0.25) is 5.91 Å². The highest BCUT2D eigenvalue weighted by Crippen LogP contribution is 2.38. The van der Waals surface area contributed by atoms with Gasteiger partial charge in [-0.05, 0) is 49.2 Å². The molecule has 2 atom stereocenters. The Morgan fingerprint density at radius 3 is 2.73 bits per heavy atom. The minimum atomic E-state index is -0.455. The number of benzene rings is 2. The predicted molar refractivity (Wildman–Crippen MR) is 111 cm³/mol. The number of hydrogen-bond donors (Lipinski definition) is 2. The Labute approximate surface area is 175 Å². The highest BCUT2D eigenvalue weighted by molar-refractivity contribution is 5.97. The van der Waals surface area contributed by atoms with Gasteiger partial charge in [-0.25, -0.2) is 4.39 Å². The molecule has 4 rings (SSSR count). The topological polar surface area (TPSA) is 71.0 Å². The Balaban J connectivity index is 1.57. The fraction of sp³-hybridized carbons (Fsp3) is 0.435. The van der Waals surface area contributed by atoms with Gasteiger partial charge in [-0.15, -0.1) is 0 Å². The highest BCUT2D eigenvalue weighted by Gasteiger charge is 2.31. The van der Waals surface area contributed by atoms with Crippen molar-refractivity contribution in [2.45, 2.75) is 31.9 Å². The summed E-state index contributed by atoms with van der Waals surface area (Å²) >= 11 is 0. The number of anilines is 1. The third-order valence-corrected chi connectivity index (χ3v) is 5.89. The van der Waals surface area contributed by atoms with Crippen LogP contribution in [0.1, 0.15) is 24.0 Å². The third kappa shape index (κ3) is 4.27. The van der Waals surface area contributed by atoms with Crippen molar-refractivity contribution in [2.24, 2.45) is 5.92 Å². The van der Waals surface area contributed by atoms with Crippen LogP contribution < -0.4 is 19.7 Å². The Bertz CT molecular complexity index is 903. The molecular weight excluding hydrogens is 387 g/mol. The predicted octanol–water partition coefficient (Wildman–Crippen LogP) is 2.66. The molecule has 2 N–H and O–H groups in total. The maximum atomic E-state index is 14.8. The van der Waals surface area contributed by atoms with Crippen molar-refractivity contribution in [3.05, 3.63) is 53.3 Å². The summed E-state index contributed by atoms with van der Waals surface area (Å²) in [4.78, 5) is 14.2. The molecule has 7 heteroatoms. The largest absolute Gasteiger partial charge is 0.497 e. The van der Waals surface area contributed by atoms with Gasteiger partial charge >= 0.3 is 0 Å². The number of methoxy groups -OCH3 is 1. The molecule has 2 heterocycles. The summed E-state index contributed by atoms with van der Waals surface area (Å²) in [6.45, 7) is 2.05. The van der Waals surface area contributed by atoms with Gasteiger partial charge in [0.1, 0.15) is 17.3 Å². The van der Waals surface area contributed by atoms with Gasteiger partial charge in [0.25, 0.3) is 0 Å². The lowest BCUT2D eigenvalue weighted by Crippen LogP contribution is -2.43. The summed E-state index contributed by atoms with van der Waals surface area (Å²) in [6, 6.07) is 10.4. The second-order valence-electron chi connectivity index (χ2n) is 7.83. The summed E-state index contributed by atoms with van der Waals surface area (Å²) < 4.78 is 26.0. The summed E-state index contributed by atoms with van der Waals surface area (Å²) in [5, 5.41) is 13.3. The van der Waals surface area contributed by atoms with Crippen LogP contribution in [0.5, 0.6) is 11.5 Å². The van der Waals surface area contributed by atoms with Crippen molar-refractivity contribution in [3.8, 4) is 11.5 Å². The number of carbonyl (C=O) groups is 1. The highest BCUT2D eigenvalue weighted by atomic mass is 19.1. The molecule has 0 spiro atoms. The molecule has 2 aliphatic heterocycles. The molecule has 2 aliphatic rings. The molecule has 0 radical (unpaired) electrons. The number of nitrogens with one attached hydrogen (secondary N) is 1. The summed E-state index contributed by atoms with van der Waals surface area (Å²) in [7, 11) is 1.60. The standard InChI is InChI=1S/C23H27FN2O4/c1-29-17-4-2-15(3-5-17)13-26-22(28)9-6-18-21(8-7-19(24)23(18)26)30-14-16-10-11-25-12-20(16)27/h2-5,7-8,16,20,25,27H,6,9-14H2,1H3. The third-order valence-electron chi connectivity index (χ3n) is 5.89. The summed E-state index contributed by atoms with van der Waals surface area (Å²) in [5.74, 6) is 0.812. The van der Waals surface area contributed by atoms with Crippen molar-refractivity contribution in [3.63, 3.8) is 0 Å². The van der Waals surface area contributed by atoms with Crippen LogP contribution in [-0.2, 0) is 17.8 Å². The lowest BCUT2D eigenvalue weighted by atomic mass is 9.95. The number of rotatable bonds is 6. The smallest absolute Gasteiger partial charge is 0.227 e. The lowest BCUT2D eigenvalue weighted by Gasteiger charge is -2.32. The number of hydrogen-bond acceptors (Lipinski definition) is 5. The molecule has 2 aromatic carbocycles. The average molecular weight is 414 g/mol. The van der Waals surface area contributed by atoms with E-state index in [2.05, 4.69) is 5.32 Å². The molecule has 0 aliphatic carbocycles. The first-order valence-electron chi connectivity index (χ1n) is 10.3. The first kappa shape index (κ1) is 20.6. The number of piperidine rings is 1. The van der Waals surface area contributed by atoms with E-state index in [1.807, 2.05) is 24.3 Å². The normalized spacial score (nSPS) is 21.3. The van der Waals surface area contributed by atoms with Crippen LogP contribution in [0.4, 0.5) is 10.1 Å². The number of halogens is 1. The molecule has 2 unspecified atom stereocenters. The van der Waals surface area contributed by atoms with Crippen LogP contribution in [0, 0.1) is 11.7 Å². The molecule has 160 valence electrons. The van der Waals surface area contributed by atoms with E-state index in [-0.39, 0.29) is 18.4 Å². The molecule has 2 aromatic rings. The van der Waals surface area contributed by atoms with E-state index in [0.717, 1.165) is 24.3 Å². The van der Waals surface area contributed by atoms with E-state index in [9.17, 15) is 14.3 Å². The van der Waals surface area contributed by atoms with E-state index < -0.39 is 11.9 Å². The zero-order valence-corrected chi connectivity index (χ0v) is 17.1. The van der Waals surface area contributed by atoms with Crippen molar-refractivity contribution in [1.82, 2.24) is 5.32 Å². The molecule has 30 heavy (non-hydrogen) atoms. The van der Waals surface area contributed by atoms with Gasteiger partial charge in [-0.2, -0.15) is 0 Å². The fourth-order valence-electron chi connectivity index (χ4n) is 4.12. The Kier molecular flexibility index (Phi) is 6.20. The van der Waals surface area contributed by atoms with E-state index in [1.54, 1.807) is 13.2 Å². The van der Waals surface area contributed by atoms with Crippen molar-refractivity contribution < 1.29 is 23.8 Å². The van der Waals surface area contributed by atoms with E-state index in [4.69, 9.17) is 9.47 Å². The number of carbonyl (C=O) groups excluding carboxylic acids is 1. The molecule has 1 amide bonds. The van der Waals surface area contributed by atoms with Crippen LogP contribution >= 0.6 is 0 Å². The molecular formula is C23H27FN2O4. The summed E-state index contributed by atoms with van der Waals surface area (Å²) in [5.41, 5.74) is 1.90.